The van der Waals surface area contributed by atoms with Crippen molar-refractivity contribution in [2.45, 2.75) is 6.10 Å². The number of benzene rings is 1. The Morgan fingerprint density at radius 3 is 2.71 bits per heavy atom. The van der Waals surface area contributed by atoms with Crippen LogP contribution < -0.4 is 5.32 Å². The Hall–Kier alpha value is -1.19. The largest absolute Gasteiger partial charge is 0.371 e. The summed E-state index contributed by atoms with van der Waals surface area (Å²) in [6, 6.07) is 7.53. The van der Waals surface area contributed by atoms with Gasteiger partial charge in [-0.1, -0.05) is 24.3 Å². The van der Waals surface area contributed by atoms with E-state index >= 15 is 0 Å². The highest BCUT2D eigenvalue weighted by molar-refractivity contribution is 5.74. The third kappa shape index (κ3) is 2.00. The smallest absolute Gasteiger partial charge is 0.150 e. The summed E-state index contributed by atoms with van der Waals surface area (Å²) >= 11 is 0. The summed E-state index contributed by atoms with van der Waals surface area (Å²) < 4.78 is 5.59. The minimum absolute atomic E-state index is 0.129. The molecule has 0 amide bonds. The summed E-state index contributed by atoms with van der Waals surface area (Å²) in [4.78, 5) is 10.5. The average Bonchev–Trinajstić information content (AvgIpc) is 2.30. The highest BCUT2D eigenvalue weighted by Gasteiger charge is 2.14. The van der Waals surface area contributed by atoms with E-state index in [1.165, 1.54) is 0 Å². The first-order chi connectivity index (χ1) is 6.90. The van der Waals surface area contributed by atoms with E-state index in [4.69, 9.17) is 4.74 Å². The van der Waals surface area contributed by atoms with Crippen LogP contribution in [0.3, 0.4) is 0 Å². The second-order valence-corrected chi connectivity index (χ2v) is 3.35. The first-order valence-corrected chi connectivity index (χ1v) is 4.77. The van der Waals surface area contributed by atoms with E-state index in [-0.39, 0.29) is 6.10 Å². The molecule has 1 aliphatic rings. The molecule has 0 bridgehead atoms. The lowest BCUT2D eigenvalue weighted by molar-refractivity contribution is 0.0277. The van der Waals surface area contributed by atoms with E-state index in [0.29, 0.717) is 5.56 Å². The minimum Gasteiger partial charge on any atom is -0.371 e. The topological polar surface area (TPSA) is 38.3 Å². The van der Waals surface area contributed by atoms with Crippen molar-refractivity contribution >= 4 is 6.29 Å². The quantitative estimate of drug-likeness (QED) is 0.713. The first-order valence-electron chi connectivity index (χ1n) is 4.77. The number of hydrogen-bond donors (Lipinski definition) is 1. The van der Waals surface area contributed by atoms with Crippen LogP contribution in [-0.4, -0.2) is 26.0 Å². The van der Waals surface area contributed by atoms with Crippen LogP contribution in [0.25, 0.3) is 0 Å². The molecule has 1 fully saturated rings. The molecule has 1 saturated heterocycles. The van der Waals surface area contributed by atoms with Crippen LogP contribution in [0, 0.1) is 0 Å². The van der Waals surface area contributed by atoms with Gasteiger partial charge in [0.05, 0.1) is 12.7 Å². The Morgan fingerprint density at radius 1 is 1.36 bits per heavy atom. The monoisotopic (exact) mass is 191 g/mol. The molecule has 0 aliphatic carbocycles. The van der Waals surface area contributed by atoms with Crippen molar-refractivity contribution in [3.8, 4) is 0 Å². The fourth-order valence-electron chi connectivity index (χ4n) is 1.57. The number of carbonyl (C=O) groups is 1. The maximum atomic E-state index is 10.5. The second-order valence-electron chi connectivity index (χ2n) is 3.35. The van der Waals surface area contributed by atoms with Gasteiger partial charge in [-0.25, -0.2) is 0 Å². The maximum Gasteiger partial charge on any atom is 0.150 e. The molecule has 1 aliphatic heterocycles. The Kier molecular flexibility index (Phi) is 2.91. The van der Waals surface area contributed by atoms with Gasteiger partial charge in [0.2, 0.25) is 0 Å². The molecule has 2 rings (SSSR count). The predicted octanol–water partition coefficient (Wildman–Crippen LogP) is 1.16. The van der Waals surface area contributed by atoms with Crippen LogP contribution in [0.2, 0.25) is 0 Å². The molecule has 1 aromatic carbocycles. The van der Waals surface area contributed by atoms with Gasteiger partial charge in [0.15, 0.2) is 0 Å². The minimum atomic E-state index is 0.129. The molecule has 0 spiro atoms. The lowest BCUT2D eigenvalue weighted by Crippen LogP contribution is -2.33. The van der Waals surface area contributed by atoms with Gasteiger partial charge in [-0.3, -0.25) is 4.79 Å². The Morgan fingerprint density at radius 2 is 2.14 bits per heavy atom. The average molecular weight is 191 g/mol. The van der Waals surface area contributed by atoms with Gasteiger partial charge in [0.1, 0.15) is 6.29 Å². The molecule has 74 valence electrons. The van der Waals surface area contributed by atoms with Crippen molar-refractivity contribution in [1.82, 2.24) is 5.32 Å². The fourth-order valence-corrected chi connectivity index (χ4v) is 1.57. The van der Waals surface area contributed by atoms with Crippen LogP contribution >= 0.6 is 0 Å². The van der Waals surface area contributed by atoms with Crippen LogP contribution in [0.4, 0.5) is 0 Å². The molecule has 1 heterocycles. The van der Waals surface area contributed by atoms with E-state index in [0.717, 1.165) is 31.5 Å². The summed E-state index contributed by atoms with van der Waals surface area (Å²) in [6.45, 7) is 2.52. The third-order valence-electron chi connectivity index (χ3n) is 2.37. The number of aldehydes is 1. The lowest BCUT2D eigenvalue weighted by Gasteiger charge is -2.23. The molecule has 1 atom stereocenters. The zero-order valence-electron chi connectivity index (χ0n) is 7.90. The summed E-state index contributed by atoms with van der Waals surface area (Å²) in [5, 5.41) is 3.27. The first kappa shape index (κ1) is 9.37. The molecule has 1 unspecified atom stereocenters. The summed E-state index contributed by atoms with van der Waals surface area (Å²) in [7, 11) is 0. The third-order valence-corrected chi connectivity index (χ3v) is 2.37. The van der Waals surface area contributed by atoms with Gasteiger partial charge in [0.25, 0.3) is 0 Å². The zero-order valence-corrected chi connectivity index (χ0v) is 7.90. The molecular formula is C11H13NO2. The van der Waals surface area contributed by atoms with Crippen molar-refractivity contribution in [2.75, 3.05) is 19.7 Å². The summed E-state index contributed by atoms with van der Waals surface area (Å²) in [6.07, 6.45) is 0.980. The molecule has 3 heteroatoms. The van der Waals surface area contributed by atoms with Crippen molar-refractivity contribution in [3.05, 3.63) is 35.4 Å². The standard InChI is InChI=1S/C11H13NO2/c13-8-9-1-3-10(4-2-9)11-7-12-5-6-14-11/h1-4,8,11-12H,5-7H2. The summed E-state index contributed by atoms with van der Waals surface area (Å²) in [5.41, 5.74) is 1.83. The second kappa shape index (κ2) is 4.35. The van der Waals surface area contributed by atoms with Crippen LogP contribution in [0.5, 0.6) is 0 Å². The van der Waals surface area contributed by atoms with Crippen molar-refractivity contribution in [2.24, 2.45) is 0 Å². The van der Waals surface area contributed by atoms with Gasteiger partial charge in [-0.15, -0.1) is 0 Å². The van der Waals surface area contributed by atoms with Gasteiger partial charge in [-0.2, -0.15) is 0 Å². The van der Waals surface area contributed by atoms with Crippen molar-refractivity contribution in [3.63, 3.8) is 0 Å². The molecule has 0 saturated carbocycles. The number of hydrogen-bond acceptors (Lipinski definition) is 3. The highest BCUT2D eigenvalue weighted by Crippen LogP contribution is 2.18. The Labute approximate surface area is 83.1 Å². The predicted molar refractivity (Wildman–Crippen MR) is 53.4 cm³/mol. The molecular weight excluding hydrogens is 178 g/mol. The SMILES string of the molecule is O=Cc1ccc(C2CNCCO2)cc1. The lowest BCUT2D eigenvalue weighted by atomic mass is 10.1. The molecule has 1 aromatic rings. The maximum absolute atomic E-state index is 10.5. The van der Waals surface area contributed by atoms with E-state index < -0.39 is 0 Å². The van der Waals surface area contributed by atoms with E-state index in [1.807, 2.05) is 24.3 Å². The normalized spacial score (nSPS) is 21.9. The zero-order chi connectivity index (χ0) is 9.80. The van der Waals surface area contributed by atoms with Crippen LogP contribution in [0.1, 0.15) is 22.0 Å². The number of carbonyl (C=O) groups excluding carboxylic acids is 1. The number of ether oxygens (including phenoxy) is 1. The van der Waals surface area contributed by atoms with Crippen LogP contribution in [-0.2, 0) is 4.74 Å². The fraction of sp³-hybridized carbons (Fsp3) is 0.364. The van der Waals surface area contributed by atoms with Gasteiger partial charge in [-0.05, 0) is 5.56 Å². The molecule has 0 aromatic heterocycles. The molecule has 14 heavy (non-hydrogen) atoms. The number of morpholine rings is 1. The molecule has 3 nitrogen and oxygen atoms in total. The van der Waals surface area contributed by atoms with Crippen molar-refractivity contribution in [1.29, 1.82) is 0 Å². The van der Waals surface area contributed by atoms with E-state index in [2.05, 4.69) is 5.32 Å². The van der Waals surface area contributed by atoms with Crippen molar-refractivity contribution < 1.29 is 9.53 Å². The molecule has 0 radical (unpaired) electrons. The highest BCUT2D eigenvalue weighted by atomic mass is 16.5. The van der Waals surface area contributed by atoms with Crippen LogP contribution in [0.15, 0.2) is 24.3 Å². The van der Waals surface area contributed by atoms with Gasteiger partial charge < -0.3 is 10.1 Å². The summed E-state index contributed by atoms with van der Waals surface area (Å²) in [5.74, 6) is 0. The molecule has 1 N–H and O–H groups in total. The Balaban J connectivity index is 2.11. The number of nitrogens with one attached hydrogen (secondary N) is 1. The number of rotatable bonds is 2. The Bertz CT molecular complexity index is 302. The van der Waals surface area contributed by atoms with E-state index in [9.17, 15) is 4.79 Å². The van der Waals surface area contributed by atoms with Gasteiger partial charge >= 0.3 is 0 Å². The van der Waals surface area contributed by atoms with E-state index in [1.54, 1.807) is 0 Å². The van der Waals surface area contributed by atoms with Gasteiger partial charge in [0, 0.05) is 18.7 Å².